The number of ether oxygens (including phenoxy) is 1. The maximum Gasteiger partial charge on any atom is 0.257 e. The van der Waals surface area contributed by atoms with Crippen LogP contribution in [0.1, 0.15) is 16.7 Å². The minimum atomic E-state index is -0.0942. The second-order valence-electron chi connectivity index (χ2n) is 5.19. The van der Waals surface area contributed by atoms with Crippen LogP contribution in [0.15, 0.2) is 48.5 Å². The van der Waals surface area contributed by atoms with Crippen LogP contribution >= 0.6 is 0 Å². The molecule has 110 valence electrons. The van der Waals surface area contributed by atoms with Crippen molar-refractivity contribution in [1.29, 1.82) is 0 Å². The zero-order valence-electron chi connectivity index (χ0n) is 12.6. The Morgan fingerprint density at radius 2 is 1.81 bits per heavy atom. The van der Waals surface area contributed by atoms with Gasteiger partial charge >= 0.3 is 0 Å². The van der Waals surface area contributed by atoms with Crippen molar-refractivity contribution < 1.29 is 9.53 Å². The highest BCUT2D eigenvalue weighted by atomic mass is 16.5. The Balaban J connectivity index is 1.69. The topological polar surface area (TPSA) is 38.3 Å². The first-order valence-electron chi connectivity index (χ1n) is 7.15. The van der Waals surface area contributed by atoms with Gasteiger partial charge < -0.3 is 10.1 Å². The van der Waals surface area contributed by atoms with Crippen LogP contribution in [0.5, 0.6) is 5.75 Å². The van der Waals surface area contributed by atoms with E-state index in [1.807, 2.05) is 37.3 Å². The van der Waals surface area contributed by atoms with Gasteiger partial charge in [-0.25, -0.2) is 0 Å². The van der Waals surface area contributed by atoms with Crippen LogP contribution in [0.2, 0.25) is 0 Å². The molecule has 0 saturated carbocycles. The van der Waals surface area contributed by atoms with Crippen LogP contribution < -0.4 is 10.1 Å². The highest BCUT2D eigenvalue weighted by molar-refractivity contribution is 5.77. The number of carbonyl (C=O) groups excluding carboxylic acids is 1. The summed E-state index contributed by atoms with van der Waals surface area (Å²) in [4.78, 5) is 11.7. The molecule has 0 aromatic heterocycles. The van der Waals surface area contributed by atoms with Gasteiger partial charge in [0.25, 0.3) is 5.91 Å². The van der Waals surface area contributed by atoms with E-state index in [0.717, 1.165) is 12.2 Å². The quantitative estimate of drug-likeness (QED) is 0.885. The highest BCUT2D eigenvalue weighted by Gasteiger charge is 2.02. The summed E-state index contributed by atoms with van der Waals surface area (Å²) < 4.78 is 5.43. The molecule has 0 radical (unpaired) electrons. The maximum absolute atomic E-state index is 11.7. The van der Waals surface area contributed by atoms with Crippen LogP contribution in [0.4, 0.5) is 0 Å². The normalized spacial score (nSPS) is 10.2. The molecule has 2 rings (SSSR count). The lowest BCUT2D eigenvalue weighted by atomic mass is 10.1. The van der Waals surface area contributed by atoms with Crippen molar-refractivity contribution in [2.45, 2.75) is 20.3 Å². The van der Waals surface area contributed by atoms with Crippen LogP contribution in [0.3, 0.4) is 0 Å². The smallest absolute Gasteiger partial charge is 0.257 e. The van der Waals surface area contributed by atoms with Gasteiger partial charge in [-0.3, -0.25) is 4.79 Å². The van der Waals surface area contributed by atoms with E-state index in [0.29, 0.717) is 6.54 Å². The molecule has 0 fully saturated rings. The molecule has 0 spiro atoms. The van der Waals surface area contributed by atoms with Crippen LogP contribution in [0.25, 0.3) is 0 Å². The third-order valence-corrected chi connectivity index (χ3v) is 3.21. The molecule has 0 aliphatic carbocycles. The predicted molar refractivity (Wildman–Crippen MR) is 84.6 cm³/mol. The summed E-state index contributed by atoms with van der Waals surface area (Å²) >= 11 is 0. The second kappa shape index (κ2) is 7.48. The van der Waals surface area contributed by atoms with Crippen molar-refractivity contribution in [2.24, 2.45) is 0 Å². The standard InChI is InChI=1S/C18H21NO2/c1-14-6-8-17(9-7-14)21-13-18(20)19-11-10-16-5-3-4-15(2)12-16/h3-9,12H,10-11,13H2,1-2H3,(H,19,20). The molecule has 3 nitrogen and oxygen atoms in total. The molecule has 3 heteroatoms. The molecule has 0 atom stereocenters. The summed E-state index contributed by atoms with van der Waals surface area (Å²) in [6.45, 7) is 4.76. The van der Waals surface area contributed by atoms with E-state index < -0.39 is 0 Å². The van der Waals surface area contributed by atoms with Crippen molar-refractivity contribution >= 4 is 5.91 Å². The molecule has 2 aromatic rings. The first kappa shape index (κ1) is 15.1. The number of hydrogen-bond donors (Lipinski definition) is 1. The zero-order valence-corrected chi connectivity index (χ0v) is 12.6. The first-order chi connectivity index (χ1) is 10.1. The molecule has 21 heavy (non-hydrogen) atoms. The fraction of sp³-hybridized carbons (Fsp3) is 0.278. The molecular formula is C18H21NO2. The largest absolute Gasteiger partial charge is 0.484 e. The molecule has 0 aliphatic heterocycles. The van der Waals surface area contributed by atoms with E-state index in [2.05, 4.69) is 30.4 Å². The van der Waals surface area contributed by atoms with Crippen LogP contribution in [-0.4, -0.2) is 19.1 Å². The Morgan fingerprint density at radius 1 is 1.05 bits per heavy atom. The van der Waals surface area contributed by atoms with Crippen molar-refractivity contribution in [3.63, 3.8) is 0 Å². The second-order valence-corrected chi connectivity index (χ2v) is 5.19. The van der Waals surface area contributed by atoms with Gasteiger partial charge in [0, 0.05) is 6.54 Å². The van der Waals surface area contributed by atoms with Crippen molar-refractivity contribution in [3.05, 3.63) is 65.2 Å². The predicted octanol–water partition coefficient (Wildman–Crippen LogP) is 3.04. The van der Waals surface area contributed by atoms with E-state index in [4.69, 9.17) is 4.74 Å². The van der Waals surface area contributed by atoms with E-state index in [1.165, 1.54) is 16.7 Å². The maximum atomic E-state index is 11.7. The Labute approximate surface area is 126 Å². The molecule has 0 bridgehead atoms. The number of amides is 1. The summed E-state index contributed by atoms with van der Waals surface area (Å²) in [6.07, 6.45) is 0.831. The molecule has 1 amide bonds. The number of aryl methyl sites for hydroxylation is 2. The van der Waals surface area contributed by atoms with Gasteiger partial charge in [0.05, 0.1) is 0 Å². The van der Waals surface area contributed by atoms with E-state index in [1.54, 1.807) is 0 Å². The first-order valence-corrected chi connectivity index (χ1v) is 7.15. The zero-order chi connectivity index (χ0) is 15.1. The molecule has 0 heterocycles. The van der Waals surface area contributed by atoms with Gasteiger partial charge in [-0.2, -0.15) is 0 Å². The van der Waals surface area contributed by atoms with E-state index in [9.17, 15) is 4.79 Å². The number of hydrogen-bond acceptors (Lipinski definition) is 2. The average molecular weight is 283 g/mol. The SMILES string of the molecule is Cc1ccc(OCC(=O)NCCc2cccc(C)c2)cc1. The van der Waals surface area contributed by atoms with Crippen molar-refractivity contribution in [1.82, 2.24) is 5.32 Å². The van der Waals surface area contributed by atoms with Crippen molar-refractivity contribution in [2.75, 3.05) is 13.2 Å². The minimum Gasteiger partial charge on any atom is -0.484 e. The lowest BCUT2D eigenvalue weighted by Gasteiger charge is -2.08. The molecule has 1 N–H and O–H groups in total. The number of rotatable bonds is 6. The Morgan fingerprint density at radius 3 is 2.52 bits per heavy atom. The highest BCUT2D eigenvalue weighted by Crippen LogP contribution is 2.10. The monoisotopic (exact) mass is 283 g/mol. The third kappa shape index (κ3) is 5.30. The Hall–Kier alpha value is -2.29. The van der Waals surface area contributed by atoms with E-state index >= 15 is 0 Å². The fourth-order valence-electron chi connectivity index (χ4n) is 2.05. The Bertz CT molecular complexity index is 590. The van der Waals surface area contributed by atoms with E-state index in [-0.39, 0.29) is 12.5 Å². The Kier molecular flexibility index (Phi) is 5.38. The summed E-state index contributed by atoms with van der Waals surface area (Å²) in [5.41, 5.74) is 3.64. The summed E-state index contributed by atoms with van der Waals surface area (Å²) in [5.74, 6) is 0.623. The van der Waals surface area contributed by atoms with Gasteiger partial charge in [-0.05, 0) is 38.0 Å². The van der Waals surface area contributed by atoms with Crippen molar-refractivity contribution in [3.8, 4) is 5.75 Å². The molecule has 0 saturated heterocycles. The van der Waals surface area contributed by atoms with Gasteiger partial charge in [0.1, 0.15) is 5.75 Å². The van der Waals surface area contributed by atoms with Crippen LogP contribution in [-0.2, 0) is 11.2 Å². The van der Waals surface area contributed by atoms with Gasteiger partial charge in [-0.15, -0.1) is 0 Å². The third-order valence-electron chi connectivity index (χ3n) is 3.21. The number of carbonyl (C=O) groups is 1. The summed E-state index contributed by atoms with van der Waals surface area (Å²) in [7, 11) is 0. The fourth-order valence-corrected chi connectivity index (χ4v) is 2.05. The van der Waals surface area contributed by atoms with Gasteiger partial charge in [-0.1, -0.05) is 47.5 Å². The van der Waals surface area contributed by atoms with Gasteiger partial charge in [0.2, 0.25) is 0 Å². The minimum absolute atomic E-state index is 0.0525. The number of nitrogens with one attached hydrogen (secondary N) is 1. The molecule has 2 aromatic carbocycles. The summed E-state index contributed by atoms with van der Waals surface area (Å²) in [6, 6.07) is 16.0. The van der Waals surface area contributed by atoms with Gasteiger partial charge in [0.15, 0.2) is 6.61 Å². The molecule has 0 aliphatic rings. The summed E-state index contributed by atoms with van der Waals surface area (Å²) in [5, 5.41) is 2.87. The number of benzene rings is 2. The van der Waals surface area contributed by atoms with Crippen LogP contribution in [0, 0.1) is 13.8 Å². The molecular weight excluding hydrogens is 262 g/mol. The lowest BCUT2D eigenvalue weighted by molar-refractivity contribution is -0.123. The molecule has 0 unspecified atom stereocenters. The average Bonchev–Trinajstić information content (AvgIpc) is 2.47. The lowest BCUT2D eigenvalue weighted by Crippen LogP contribution is -2.30.